The first kappa shape index (κ1) is 16.3. The lowest BCUT2D eigenvalue weighted by Crippen LogP contribution is -2.35. The van der Waals surface area contributed by atoms with Gasteiger partial charge in [0.05, 0.1) is 24.6 Å². The Hall–Kier alpha value is -3.61. The molecule has 0 radical (unpaired) electrons. The van der Waals surface area contributed by atoms with E-state index in [0.717, 1.165) is 5.01 Å². The van der Waals surface area contributed by atoms with Gasteiger partial charge in [-0.1, -0.05) is 6.08 Å². The Kier molecular flexibility index (Phi) is 4.47. The van der Waals surface area contributed by atoms with Crippen LogP contribution in [0.25, 0.3) is 6.08 Å². The maximum absolute atomic E-state index is 12.4. The summed E-state index contributed by atoms with van der Waals surface area (Å²) in [5.74, 6) is -0.865. The highest BCUT2D eigenvalue weighted by Crippen LogP contribution is 2.20. The van der Waals surface area contributed by atoms with Crippen LogP contribution in [0.3, 0.4) is 0 Å². The van der Waals surface area contributed by atoms with Crippen LogP contribution in [-0.2, 0) is 14.3 Å². The molecular weight excluding hydrogens is 324 g/mol. The molecule has 7 nitrogen and oxygen atoms in total. The van der Waals surface area contributed by atoms with Crippen molar-refractivity contribution in [3.63, 3.8) is 0 Å². The number of methoxy groups -OCH3 is 1. The third-order valence-corrected chi connectivity index (χ3v) is 3.50. The minimum atomic E-state index is -0.508. The molecule has 1 saturated heterocycles. The van der Waals surface area contributed by atoms with E-state index in [-0.39, 0.29) is 5.57 Å². The van der Waals surface area contributed by atoms with E-state index in [9.17, 15) is 14.4 Å². The lowest BCUT2D eigenvalue weighted by molar-refractivity contribution is -0.117. The third-order valence-electron chi connectivity index (χ3n) is 3.50. The minimum Gasteiger partial charge on any atom is -0.465 e. The maximum atomic E-state index is 12.4. The van der Waals surface area contributed by atoms with E-state index in [1.807, 2.05) is 0 Å². The van der Waals surface area contributed by atoms with Crippen LogP contribution in [0, 0.1) is 0 Å². The molecule has 2 heterocycles. The van der Waals surface area contributed by atoms with Gasteiger partial charge in [-0.15, -0.1) is 0 Å². The number of carbonyl (C=O) groups is 3. The number of rotatable bonds is 4. The van der Waals surface area contributed by atoms with Crippen molar-refractivity contribution in [1.82, 2.24) is 5.43 Å². The molecule has 126 valence electrons. The van der Waals surface area contributed by atoms with Crippen molar-refractivity contribution in [2.75, 3.05) is 12.1 Å². The summed E-state index contributed by atoms with van der Waals surface area (Å²) in [5, 5.41) is 1.12. The van der Waals surface area contributed by atoms with Crippen molar-refractivity contribution in [3.05, 3.63) is 71.7 Å². The molecule has 1 N–H and O–H groups in total. The molecule has 25 heavy (non-hydrogen) atoms. The van der Waals surface area contributed by atoms with Gasteiger partial charge in [0.25, 0.3) is 11.8 Å². The van der Waals surface area contributed by atoms with E-state index in [0.29, 0.717) is 17.0 Å². The first-order valence-electron chi connectivity index (χ1n) is 7.36. The molecule has 2 amide bonds. The first-order chi connectivity index (χ1) is 12.1. The molecule has 0 spiro atoms. The number of hydrogen-bond donors (Lipinski definition) is 1. The van der Waals surface area contributed by atoms with Gasteiger partial charge in [-0.2, -0.15) is 0 Å². The normalized spacial score (nSPS) is 15.9. The number of hydrogen-bond acceptors (Lipinski definition) is 5. The summed E-state index contributed by atoms with van der Waals surface area (Å²) < 4.78 is 9.75. The Labute approximate surface area is 143 Å². The van der Waals surface area contributed by atoms with Gasteiger partial charge in [0.15, 0.2) is 0 Å². The molecule has 0 unspecified atom stereocenters. The Balaban J connectivity index is 1.77. The lowest BCUT2D eigenvalue weighted by Gasteiger charge is -2.14. The molecule has 0 bridgehead atoms. The van der Waals surface area contributed by atoms with Gasteiger partial charge in [0.2, 0.25) is 0 Å². The van der Waals surface area contributed by atoms with Crippen molar-refractivity contribution in [2.24, 2.45) is 0 Å². The zero-order valence-corrected chi connectivity index (χ0v) is 13.3. The van der Waals surface area contributed by atoms with Crippen LogP contribution in [0.4, 0.5) is 5.69 Å². The zero-order chi connectivity index (χ0) is 17.8. The highest BCUT2D eigenvalue weighted by atomic mass is 16.5. The Morgan fingerprint density at radius 2 is 1.96 bits per heavy atom. The summed E-state index contributed by atoms with van der Waals surface area (Å²) >= 11 is 0. The van der Waals surface area contributed by atoms with Gasteiger partial charge in [0.1, 0.15) is 11.3 Å². The van der Waals surface area contributed by atoms with E-state index < -0.39 is 17.8 Å². The molecule has 1 aliphatic heterocycles. The Morgan fingerprint density at radius 3 is 2.60 bits per heavy atom. The van der Waals surface area contributed by atoms with Gasteiger partial charge in [0, 0.05) is 0 Å². The number of allylic oxidation sites excluding steroid dienone is 2. The van der Waals surface area contributed by atoms with E-state index in [2.05, 4.69) is 10.2 Å². The van der Waals surface area contributed by atoms with Crippen molar-refractivity contribution in [1.29, 1.82) is 0 Å². The van der Waals surface area contributed by atoms with Crippen molar-refractivity contribution < 1.29 is 23.5 Å². The quantitative estimate of drug-likeness (QED) is 0.524. The van der Waals surface area contributed by atoms with E-state index in [4.69, 9.17) is 4.42 Å². The second-order valence-corrected chi connectivity index (χ2v) is 5.07. The summed E-state index contributed by atoms with van der Waals surface area (Å²) in [4.78, 5) is 35.9. The maximum Gasteiger partial charge on any atom is 0.337 e. The lowest BCUT2D eigenvalue weighted by atomic mass is 10.2. The van der Waals surface area contributed by atoms with Crippen LogP contribution < -0.4 is 10.4 Å². The molecule has 0 aliphatic carbocycles. The molecule has 1 aromatic heterocycles. The Morgan fingerprint density at radius 1 is 1.20 bits per heavy atom. The molecule has 2 aromatic rings. The van der Waals surface area contributed by atoms with Crippen LogP contribution in [0.1, 0.15) is 16.1 Å². The number of benzene rings is 1. The number of hydrazine groups is 1. The fourth-order valence-electron chi connectivity index (χ4n) is 2.25. The zero-order valence-electron chi connectivity index (χ0n) is 13.3. The molecule has 3 rings (SSSR count). The van der Waals surface area contributed by atoms with Gasteiger partial charge >= 0.3 is 5.97 Å². The number of carbonyl (C=O) groups excluding carboxylic acids is 3. The number of nitrogens with zero attached hydrogens (tertiary/aromatic N) is 1. The average molecular weight is 338 g/mol. The molecule has 7 heteroatoms. The third kappa shape index (κ3) is 3.35. The highest BCUT2D eigenvalue weighted by Gasteiger charge is 2.34. The number of ether oxygens (including phenoxy) is 1. The number of amides is 2. The average Bonchev–Trinajstić information content (AvgIpc) is 3.24. The van der Waals surface area contributed by atoms with Crippen LogP contribution in [0.5, 0.6) is 0 Å². The predicted molar refractivity (Wildman–Crippen MR) is 89.2 cm³/mol. The predicted octanol–water partition coefficient (Wildman–Crippen LogP) is 2.08. The fourth-order valence-corrected chi connectivity index (χ4v) is 2.25. The summed E-state index contributed by atoms with van der Waals surface area (Å²) in [7, 11) is 1.29. The number of nitrogens with one attached hydrogen (secondary N) is 1. The van der Waals surface area contributed by atoms with Crippen LogP contribution >= 0.6 is 0 Å². The smallest absolute Gasteiger partial charge is 0.337 e. The van der Waals surface area contributed by atoms with Crippen LogP contribution in [-0.4, -0.2) is 24.9 Å². The molecule has 1 fully saturated rings. The second-order valence-electron chi connectivity index (χ2n) is 5.07. The summed E-state index contributed by atoms with van der Waals surface area (Å²) in [5.41, 5.74) is 3.26. The van der Waals surface area contributed by atoms with Crippen molar-refractivity contribution in [2.45, 2.75) is 0 Å². The number of furan rings is 1. The van der Waals surface area contributed by atoms with Crippen molar-refractivity contribution >= 4 is 29.5 Å². The van der Waals surface area contributed by atoms with E-state index in [1.165, 1.54) is 31.6 Å². The minimum absolute atomic E-state index is 0.000138. The van der Waals surface area contributed by atoms with Gasteiger partial charge in [-0.25, -0.2) is 9.80 Å². The van der Waals surface area contributed by atoms with E-state index in [1.54, 1.807) is 36.4 Å². The fraction of sp³-hybridized carbons (Fsp3) is 0.0556. The number of esters is 1. The topological polar surface area (TPSA) is 88.8 Å². The molecule has 1 aliphatic rings. The standard InChI is InChI=1S/C18H14N2O5/c1-24-18(23)12-7-9-13(10-8-12)20-17(22)15(16(21)19-20)6-2-4-14-5-3-11-25-14/h2-11H,1H3,(H,19,21). The molecular formula is C18H14N2O5. The van der Waals surface area contributed by atoms with Gasteiger partial charge < -0.3 is 9.15 Å². The SMILES string of the molecule is COC(=O)c1ccc(N2NC(=O)C(=CC=Cc3ccco3)C2=O)cc1. The monoisotopic (exact) mass is 338 g/mol. The van der Waals surface area contributed by atoms with Crippen LogP contribution in [0.2, 0.25) is 0 Å². The Bertz CT molecular complexity index is 863. The summed E-state index contributed by atoms with van der Waals surface area (Å²) in [6.07, 6.45) is 6.15. The first-order valence-corrected chi connectivity index (χ1v) is 7.36. The van der Waals surface area contributed by atoms with Gasteiger partial charge in [-0.05, 0) is 48.6 Å². The summed E-state index contributed by atoms with van der Waals surface area (Å²) in [6, 6.07) is 9.61. The summed E-state index contributed by atoms with van der Waals surface area (Å²) in [6.45, 7) is 0. The largest absolute Gasteiger partial charge is 0.465 e. The second kappa shape index (κ2) is 6.88. The highest BCUT2D eigenvalue weighted by molar-refractivity contribution is 6.29. The molecule has 1 aromatic carbocycles. The van der Waals surface area contributed by atoms with Crippen LogP contribution in [0.15, 0.2) is 64.8 Å². The molecule has 0 atom stereocenters. The number of anilines is 1. The van der Waals surface area contributed by atoms with Crippen molar-refractivity contribution in [3.8, 4) is 0 Å². The van der Waals surface area contributed by atoms with E-state index >= 15 is 0 Å². The van der Waals surface area contributed by atoms with Gasteiger partial charge in [-0.3, -0.25) is 15.0 Å². The molecule has 0 saturated carbocycles.